The average molecular weight is 483 g/mol. The van der Waals surface area contributed by atoms with E-state index in [2.05, 4.69) is 0 Å². The summed E-state index contributed by atoms with van der Waals surface area (Å²) in [4.78, 5) is 43.7. The van der Waals surface area contributed by atoms with E-state index in [0.717, 1.165) is 18.4 Å². The Kier molecular flexibility index (Phi) is 7.50. The van der Waals surface area contributed by atoms with Crippen LogP contribution in [0.2, 0.25) is 0 Å². The first-order valence-corrected chi connectivity index (χ1v) is 11.9. The van der Waals surface area contributed by atoms with Crippen molar-refractivity contribution in [2.24, 2.45) is 0 Å². The number of hydrogen-bond donors (Lipinski definition) is 0. The summed E-state index contributed by atoms with van der Waals surface area (Å²) >= 11 is 0. The number of carbonyl (C=O) groups is 3. The number of carbonyl (C=O) groups excluding carboxylic acids is 3. The number of hydrogen-bond acceptors (Lipinski definition) is 5. The van der Waals surface area contributed by atoms with E-state index in [1.54, 1.807) is 48.4 Å². The molecule has 8 heteroatoms. The molecule has 2 aromatic carbocycles. The third-order valence-electron chi connectivity index (χ3n) is 7.04. The molecule has 0 spiro atoms. The molecule has 3 amide bonds. The van der Waals surface area contributed by atoms with Gasteiger partial charge in [0, 0.05) is 45.2 Å². The minimum atomic E-state index is -1.34. The molecule has 2 aromatic rings. The summed E-state index contributed by atoms with van der Waals surface area (Å²) in [6, 6.07) is 13.1. The van der Waals surface area contributed by atoms with Crippen LogP contribution >= 0.6 is 0 Å². The molecule has 0 unspecified atom stereocenters. The van der Waals surface area contributed by atoms with Crippen molar-refractivity contribution < 1.29 is 28.2 Å². The van der Waals surface area contributed by atoms with Gasteiger partial charge in [0.2, 0.25) is 17.7 Å². The topological polar surface area (TPSA) is 76.2 Å². The molecule has 0 aliphatic carbocycles. The van der Waals surface area contributed by atoms with E-state index >= 15 is 0 Å². The number of benzene rings is 2. The highest BCUT2D eigenvalue weighted by Crippen LogP contribution is 2.45. The summed E-state index contributed by atoms with van der Waals surface area (Å²) in [5.74, 6) is -0.752. The Hall–Kier alpha value is -3.26. The van der Waals surface area contributed by atoms with Crippen molar-refractivity contribution in [1.29, 1.82) is 0 Å². The van der Waals surface area contributed by atoms with E-state index < -0.39 is 5.41 Å². The second-order valence-electron chi connectivity index (χ2n) is 9.13. The highest BCUT2D eigenvalue weighted by Gasteiger charge is 2.55. The van der Waals surface area contributed by atoms with Gasteiger partial charge in [-0.25, -0.2) is 4.39 Å². The summed E-state index contributed by atoms with van der Waals surface area (Å²) in [6.45, 7) is 1.20. The lowest BCUT2D eigenvalue weighted by molar-refractivity contribution is -0.143. The Morgan fingerprint density at radius 1 is 1.11 bits per heavy atom. The van der Waals surface area contributed by atoms with Crippen LogP contribution < -0.4 is 4.74 Å². The van der Waals surface area contributed by atoms with Crippen LogP contribution in [0.25, 0.3) is 0 Å². The molecule has 0 N–H and O–H groups in total. The number of nitrogens with zero attached hydrogens (tertiary/aromatic N) is 2. The van der Waals surface area contributed by atoms with Crippen LogP contribution in [-0.4, -0.2) is 61.4 Å². The minimum Gasteiger partial charge on any atom is -0.496 e. The molecule has 7 nitrogen and oxygen atoms in total. The van der Waals surface area contributed by atoms with Crippen molar-refractivity contribution in [3.05, 3.63) is 65.5 Å². The van der Waals surface area contributed by atoms with Crippen LogP contribution in [0.1, 0.15) is 49.3 Å². The highest BCUT2D eigenvalue weighted by molar-refractivity contribution is 6.11. The summed E-state index contributed by atoms with van der Waals surface area (Å²) in [5.41, 5.74) is 0.0589. The number of methoxy groups -OCH3 is 2. The molecule has 2 heterocycles. The maximum absolute atomic E-state index is 13.8. The molecular weight excluding hydrogens is 451 g/mol. The zero-order valence-corrected chi connectivity index (χ0v) is 20.2. The predicted molar refractivity (Wildman–Crippen MR) is 127 cm³/mol. The fourth-order valence-corrected chi connectivity index (χ4v) is 5.33. The van der Waals surface area contributed by atoms with Gasteiger partial charge in [-0.15, -0.1) is 0 Å². The van der Waals surface area contributed by atoms with E-state index in [0.29, 0.717) is 30.9 Å². The third-order valence-corrected chi connectivity index (χ3v) is 7.04. The standard InChI is InChI=1S/C27H31FN2O5/c1-34-16-6-15-30-25(32)18-27(26(30)33,21-7-3-4-9-23(21)35-2)17-24(31)29-14-5-8-22(29)19-10-12-20(28)13-11-19/h3-4,7,9-13,22H,5-6,8,14-18H2,1-2H3/t22-,27+/m0/s1. The molecule has 2 atom stereocenters. The third kappa shape index (κ3) is 4.80. The Morgan fingerprint density at radius 3 is 2.57 bits per heavy atom. The summed E-state index contributed by atoms with van der Waals surface area (Å²) in [7, 11) is 3.08. The van der Waals surface area contributed by atoms with Crippen LogP contribution in [-0.2, 0) is 24.5 Å². The van der Waals surface area contributed by atoms with Crippen molar-refractivity contribution in [3.8, 4) is 5.75 Å². The Labute approximate surface area is 204 Å². The molecular formula is C27H31FN2O5. The van der Waals surface area contributed by atoms with Gasteiger partial charge in [0.15, 0.2) is 0 Å². The second kappa shape index (κ2) is 10.6. The molecule has 0 aromatic heterocycles. The van der Waals surface area contributed by atoms with Gasteiger partial charge in [-0.05, 0) is 43.0 Å². The van der Waals surface area contributed by atoms with Crippen LogP contribution in [0, 0.1) is 5.82 Å². The number of ether oxygens (including phenoxy) is 2. The van der Waals surface area contributed by atoms with Crippen LogP contribution in [0.4, 0.5) is 4.39 Å². The first-order chi connectivity index (χ1) is 16.9. The van der Waals surface area contributed by atoms with Gasteiger partial charge in [0.1, 0.15) is 11.6 Å². The van der Waals surface area contributed by atoms with E-state index in [1.165, 1.54) is 24.1 Å². The monoisotopic (exact) mass is 482 g/mol. The molecule has 2 aliphatic rings. The first-order valence-electron chi connectivity index (χ1n) is 11.9. The maximum Gasteiger partial charge on any atom is 0.241 e. The molecule has 0 bridgehead atoms. The van der Waals surface area contributed by atoms with Gasteiger partial charge in [-0.3, -0.25) is 19.3 Å². The maximum atomic E-state index is 13.8. The Morgan fingerprint density at radius 2 is 1.86 bits per heavy atom. The summed E-state index contributed by atoms with van der Waals surface area (Å²) in [6.07, 6.45) is 1.85. The molecule has 35 heavy (non-hydrogen) atoms. The Bertz CT molecular complexity index is 1090. The Balaban J connectivity index is 1.67. The number of halogens is 1. The molecule has 186 valence electrons. The van der Waals surface area contributed by atoms with Gasteiger partial charge in [-0.1, -0.05) is 30.3 Å². The SMILES string of the molecule is COCCCN1C(=O)C[C@](CC(=O)N2CCC[C@H]2c2ccc(F)cc2)(c2ccccc2OC)C1=O. The second-order valence-corrected chi connectivity index (χ2v) is 9.13. The van der Waals surface area contributed by atoms with Crippen LogP contribution in [0.5, 0.6) is 5.75 Å². The van der Waals surface area contributed by atoms with Crippen molar-refractivity contribution >= 4 is 17.7 Å². The van der Waals surface area contributed by atoms with Gasteiger partial charge in [-0.2, -0.15) is 0 Å². The lowest BCUT2D eigenvalue weighted by Crippen LogP contribution is -2.44. The molecule has 2 aliphatic heterocycles. The van der Waals surface area contributed by atoms with Crippen molar-refractivity contribution in [2.45, 2.75) is 43.6 Å². The molecule has 0 radical (unpaired) electrons. The zero-order chi connectivity index (χ0) is 25.0. The van der Waals surface area contributed by atoms with E-state index in [1.807, 2.05) is 0 Å². The number of para-hydroxylation sites is 1. The van der Waals surface area contributed by atoms with Gasteiger partial charge in [0.05, 0.1) is 18.6 Å². The zero-order valence-electron chi connectivity index (χ0n) is 20.2. The quantitative estimate of drug-likeness (QED) is 0.403. The fourth-order valence-electron chi connectivity index (χ4n) is 5.33. The normalized spacial score (nSPS) is 22.2. The largest absolute Gasteiger partial charge is 0.496 e. The highest BCUT2D eigenvalue weighted by atomic mass is 19.1. The molecule has 4 rings (SSSR count). The number of amides is 3. The van der Waals surface area contributed by atoms with Gasteiger partial charge in [0.25, 0.3) is 0 Å². The number of imide groups is 1. The van der Waals surface area contributed by atoms with E-state index in [9.17, 15) is 18.8 Å². The molecule has 2 fully saturated rings. The lowest BCUT2D eigenvalue weighted by atomic mass is 9.75. The van der Waals surface area contributed by atoms with Gasteiger partial charge < -0.3 is 14.4 Å². The fraction of sp³-hybridized carbons (Fsp3) is 0.444. The van der Waals surface area contributed by atoms with Crippen LogP contribution in [0.15, 0.2) is 48.5 Å². The van der Waals surface area contributed by atoms with E-state index in [-0.39, 0.29) is 49.0 Å². The van der Waals surface area contributed by atoms with Crippen molar-refractivity contribution in [1.82, 2.24) is 9.80 Å². The lowest BCUT2D eigenvalue weighted by Gasteiger charge is -2.32. The smallest absolute Gasteiger partial charge is 0.241 e. The van der Waals surface area contributed by atoms with Gasteiger partial charge >= 0.3 is 0 Å². The summed E-state index contributed by atoms with van der Waals surface area (Å²) in [5, 5.41) is 0. The minimum absolute atomic E-state index is 0.0972. The molecule has 2 saturated heterocycles. The average Bonchev–Trinajstić information content (AvgIpc) is 3.44. The van der Waals surface area contributed by atoms with Crippen molar-refractivity contribution in [3.63, 3.8) is 0 Å². The predicted octanol–water partition coefficient (Wildman–Crippen LogP) is 3.62. The number of likely N-dealkylation sites (tertiary alicyclic amines) is 2. The number of rotatable bonds is 9. The summed E-state index contributed by atoms with van der Waals surface area (Å²) < 4.78 is 24.1. The van der Waals surface area contributed by atoms with Crippen molar-refractivity contribution in [2.75, 3.05) is 33.9 Å². The van der Waals surface area contributed by atoms with Crippen LogP contribution in [0.3, 0.4) is 0 Å². The first kappa shape index (κ1) is 24.9. The molecule has 0 saturated carbocycles. The van der Waals surface area contributed by atoms with E-state index in [4.69, 9.17) is 9.47 Å².